The second-order valence-corrected chi connectivity index (χ2v) is 17.2. The van der Waals surface area contributed by atoms with Crippen molar-refractivity contribution >= 4 is 11.9 Å². The molecule has 0 spiro atoms. The Balaban J connectivity index is 4.27. The number of ether oxygens (including phenoxy) is 1. The van der Waals surface area contributed by atoms with Gasteiger partial charge in [-0.2, -0.15) is 0 Å². The normalized spacial score (nSPS) is 13.2. The van der Waals surface area contributed by atoms with Crippen LogP contribution in [0.25, 0.3) is 0 Å². The van der Waals surface area contributed by atoms with Gasteiger partial charge in [-0.15, -0.1) is 0 Å². The van der Waals surface area contributed by atoms with E-state index in [-0.39, 0.29) is 24.9 Å². The number of unbranched alkanes of at least 4 members (excludes halogenated alkanes) is 33. The van der Waals surface area contributed by atoms with Crippen LogP contribution < -0.4 is 5.32 Å². The van der Waals surface area contributed by atoms with Gasteiger partial charge in [0.1, 0.15) is 6.10 Å². The first-order valence-corrected chi connectivity index (χ1v) is 24.8. The molecule has 0 aliphatic carbocycles. The first-order chi connectivity index (χ1) is 27.0. The minimum Gasteiger partial charge on any atom is -0.462 e. The molecule has 6 nitrogen and oxygen atoms in total. The Bertz CT molecular complexity index is 791. The van der Waals surface area contributed by atoms with E-state index >= 15 is 0 Å². The highest BCUT2D eigenvalue weighted by atomic mass is 16.5. The standard InChI is InChI=1S/C49H97NO5/c1-4-7-10-13-16-18-20-21-22-23-24-25-26-27-28-30-33-36-39-42-49(54)55-45(40-37-34-31-15-12-9-6-3)43-48(53)50-46(44-51)47(52)41-38-35-32-29-19-17-14-11-8-5-2/h45-47,51-52H,4-44H2,1-3H3,(H,50,53). The Hall–Kier alpha value is -1.14. The molecule has 6 heteroatoms. The number of hydrogen-bond donors (Lipinski definition) is 3. The van der Waals surface area contributed by atoms with E-state index in [0.717, 1.165) is 38.5 Å². The van der Waals surface area contributed by atoms with Gasteiger partial charge in [-0.1, -0.05) is 239 Å². The predicted octanol–water partition coefficient (Wildman–Crippen LogP) is 14.4. The SMILES string of the molecule is CCCCCCCCCCCCCCCCCCCCCC(=O)OC(CCCCCCCCC)CC(=O)NC(CO)C(O)CCCCCCCCCCCC. The molecule has 3 unspecified atom stereocenters. The molecule has 0 heterocycles. The average Bonchev–Trinajstić information content (AvgIpc) is 3.18. The Morgan fingerprint density at radius 2 is 0.764 bits per heavy atom. The minimum absolute atomic E-state index is 0.0856. The molecule has 0 radical (unpaired) electrons. The van der Waals surface area contributed by atoms with Crippen LogP contribution in [0.5, 0.6) is 0 Å². The minimum atomic E-state index is -0.776. The first kappa shape index (κ1) is 53.9. The lowest BCUT2D eigenvalue weighted by molar-refractivity contribution is -0.151. The van der Waals surface area contributed by atoms with Crippen LogP contribution in [0.1, 0.15) is 278 Å². The maximum Gasteiger partial charge on any atom is 0.306 e. The smallest absolute Gasteiger partial charge is 0.306 e. The third-order valence-corrected chi connectivity index (χ3v) is 11.7. The largest absolute Gasteiger partial charge is 0.462 e. The van der Waals surface area contributed by atoms with Gasteiger partial charge >= 0.3 is 5.97 Å². The molecular formula is C49H97NO5. The van der Waals surface area contributed by atoms with Crippen molar-refractivity contribution in [1.29, 1.82) is 0 Å². The quantitative estimate of drug-likeness (QED) is 0.0422. The zero-order chi connectivity index (χ0) is 40.3. The fourth-order valence-corrected chi connectivity index (χ4v) is 7.90. The van der Waals surface area contributed by atoms with Crippen LogP contribution in [0.4, 0.5) is 0 Å². The van der Waals surface area contributed by atoms with Crippen molar-refractivity contribution in [3.8, 4) is 0 Å². The van der Waals surface area contributed by atoms with E-state index in [0.29, 0.717) is 19.3 Å². The van der Waals surface area contributed by atoms with Crippen LogP contribution in [0.15, 0.2) is 0 Å². The summed E-state index contributed by atoms with van der Waals surface area (Å²) in [5, 5.41) is 23.6. The summed E-state index contributed by atoms with van der Waals surface area (Å²) in [6, 6.07) is -0.689. The summed E-state index contributed by atoms with van der Waals surface area (Å²) in [6.07, 6.45) is 46.1. The third-order valence-electron chi connectivity index (χ3n) is 11.7. The highest BCUT2D eigenvalue weighted by Gasteiger charge is 2.24. The van der Waals surface area contributed by atoms with Gasteiger partial charge in [-0.05, 0) is 25.7 Å². The van der Waals surface area contributed by atoms with E-state index in [1.54, 1.807) is 0 Å². The number of carbonyl (C=O) groups excluding carboxylic acids is 2. The lowest BCUT2D eigenvalue weighted by Gasteiger charge is -2.24. The number of aliphatic hydroxyl groups excluding tert-OH is 2. The van der Waals surface area contributed by atoms with Crippen molar-refractivity contribution in [2.75, 3.05) is 6.61 Å². The molecule has 0 aromatic carbocycles. The van der Waals surface area contributed by atoms with Crippen LogP contribution in [-0.4, -0.2) is 46.9 Å². The summed E-state index contributed by atoms with van der Waals surface area (Å²) in [6.45, 7) is 6.46. The van der Waals surface area contributed by atoms with Gasteiger partial charge in [0.15, 0.2) is 0 Å². The molecule has 328 valence electrons. The summed E-state index contributed by atoms with van der Waals surface area (Å²) in [4.78, 5) is 25.9. The van der Waals surface area contributed by atoms with Gasteiger partial charge in [0.2, 0.25) is 5.91 Å². The second kappa shape index (κ2) is 44.0. The maximum atomic E-state index is 13.1. The van der Waals surface area contributed by atoms with Crippen molar-refractivity contribution in [3.05, 3.63) is 0 Å². The van der Waals surface area contributed by atoms with Crippen LogP contribution >= 0.6 is 0 Å². The zero-order valence-electron chi connectivity index (χ0n) is 37.3. The summed E-state index contributed by atoms with van der Waals surface area (Å²) in [7, 11) is 0. The van der Waals surface area contributed by atoms with Gasteiger partial charge in [0.25, 0.3) is 0 Å². The fraction of sp³-hybridized carbons (Fsp3) is 0.959. The van der Waals surface area contributed by atoms with E-state index in [2.05, 4.69) is 26.1 Å². The highest BCUT2D eigenvalue weighted by Crippen LogP contribution is 2.18. The molecule has 0 aliphatic rings. The number of nitrogens with one attached hydrogen (secondary N) is 1. The topological polar surface area (TPSA) is 95.9 Å². The summed E-state index contributed by atoms with van der Waals surface area (Å²) < 4.78 is 5.89. The average molecular weight is 780 g/mol. The molecule has 0 saturated carbocycles. The molecule has 0 aliphatic heterocycles. The van der Waals surface area contributed by atoms with Crippen molar-refractivity contribution in [1.82, 2.24) is 5.32 Å². The van der Waals surface area contributed by atoms with Crippen molar-refractivity contribution < 1.29 is 24.5 Å². The monoisotopic (exact) mass is 780 g/mol. The molecule has 3 atom stereocenters. The number of amides is 1. The van der Waals surface area contributed by atoms with Gasteiger partial charge in [0.05, 0.1) is 25.2 Å². The predicted molar refractivity (Wildman–Crippen MR) is 237 cm³/mol. The molecular weight excluding hydrogens is 683 g/mol. The van der Waals surface area contributed by atoms with E-state index < -0.39 is 18.2 Å². The van der Waals surface area contributed by atoms with Crippen LogP contribution in [0.2, 0.25) is 0 Å². The number of rotatable bonds is 45. The molecule has 0 aromatic heterocycles. The fourth-order valence-electron chi connectivity index (χ4n) is 7.90. The number of hydrogen-bond acceptors (Lipinski definition) is 5. The third kappa shape index (κ3) is 39.5. The van der Waals surface area contributed by atoms with Crippen LogP contribution in [0.3, 0.4) is 0 Å². The number of esters is 1. The molecule has 3 N–H and O–H groups in total. The number of aliphatic hydroxyl groups is 2. The molecule has 0 saturated heterocycles. The summed E-state index contributed by atoms with van der Waals surface area (Å²) in [5.41, 5.74) is 0. The Morgan fingerprint density at radius 1 is 0.455 bits per heavy atom. The van der Waals surface area contributed by atoms with Crippen molar-refractivity contribution in [2.45, 2.75) is 296 Å². The lowest BCUT2D eigenvalue weighted by atomic mass is 10.0. The highest BCUT2D eigenvalue weighted by molar-refractivity contribution is 5.77. The van der Waals surface area contributed by atoms with Gasteiger partial charge in [0, 0.05) is 6.42 Å². The summed E-state index contributed by atoms with van der Waals surface area (Å²) in [5.74, 6) is -0.460. The molecule has 0 aromatic rings. The van der Waals surface area contributed by atoms with Crippen LogP contribution in [-0.2, 0) is 14.3 Å². The van der Waals surface area contributed by atoms with E-state index in [1.165, 1.54) is 193 Å². The molecule has 55 heavy (non-hydrogen) atoms. The van der Waals surface area contributed by atoms with Gasteiger partial charge in [-0.3, -0.25) is 9.59 Å². The Morgan fingerprint density at radius 3 is 1.11 bits per heavy atom. The van der Waals surface area contributed by atoms with Gasteiger partial charge in [-0.25, -0.2) is 0 Å². The lowest BCUT2D eigenvalue weighted by Crippen LogP contribution is -2.46. The van der Waals surface area contributed by atoms with E-state index in [1.807, 2.05) is 0 Å². The van der Waals surface area contributed by atoms with Crippen molar-refractivity contribution in [2.24, 2.45) is 0 Å². The number of carbonyl (C=O) groups is 2. The van der Waals surface area contributed by atoms with Crippen LogP contribution in [0, 0.1) is 0 Å². The maximum absolute atomic E-state index is 13.1. The van der Waals surface area contributed by atoms with Crippen molar-refractivity contribution in [3.63, 3.8) is 0 Å². The van der Waals surface area contributed by atoms with E-state index in [4.69, 9.17) is 4.74 Å². The first-order valence-electron chi connectivity index (χ1n) is 24.8. The molecule has 0 rings (SSSR count). The molecule has 1 amide bonds. The zero-order valence-corrected chi connectivity index (χ0v) is 37.3. The molecule has 0 bridgehead atoms. The Labute approximate surface area is 343 Å². The molecule has 0 fully saturated rings. The summed E-state index contributed by atoms with van der Waals surface area (Å²) >= 11 is 0. The Kier molecular flexibility index (Phi) is 43.1. The van der Waals surface area contributed by atoms with Gasteiger partial charge < -0.3 is 20.3 Å². The van der Waals surface area contributed by atoms with E-state index in [9.17, 15) is 19.8 Å². The second-order valence-electron chi connectivity index (χ2n) is 17.2.